The molecule has 9 heteroatoms. The van der Waals surface area contributed by atoms with Crippen molar-refractivity contribution in [3.8, 4) is 0 Å². The Kier molecular flexibility index (Phi) is 5.98. The lowest BCUT2D eigenvalue weighted by atomic mass is 9.94. The molecule has 0 aromatic heterocycles. The summed E-state index contributed by atoms with van der Waals surface area (Å²) in [4.78, 5) is 51.1. The van der Waals surface area contributed by atoms with Crippen LogP contribution >= 0.6 is 0 Å². The van der Waals surface area contributed by atoms with Gasteiger partial charge in [-0.15, -0.1) is 0 Å². The number of amides is 3. The molecule has 0 saturated heterocycles. The summed E-state index contributed by atoms with van der Waals surface area (Å²) in [6.07, 6.45) is 4.53. The Hall–Kier alpha value is -3.62. The molecule has 0 radical (unpaired) electrons. The molecule has 2 aromatic rings. The van der Waals surface area contributed by atoms with Crippen LogP contribution in [0, 0.1) is 11.6 Å². The van der Waals surface area contributed by atoms with Crippen molar-refractivity contribution < 1.29 is 32.7 Å². The van der Waals surface area contributed by atoms with Crippen LogP contribution < -0.4 is 5.32 Å². The third-order valence-corrected chi connectivity index (χ3v) is 5.57. The first kappa shape index (κ1) is 21.6. The van der Waals surface area contributed by atoms with Gasteiger partial charge in [-0.1, -0.05) is 19.3 Å². The van der Waals surface area contributed by atoms with Crippen LogP contribution in [0.1, 0.15) is 63.2 Å². The number of hydrogen-bond acceptors (Lipinski definition) is 5. The number of fused-ring (bicyclic) bond motifs is 1. The minimum Gasteiger partial charge on any atom is -0.452 e. The van der Waals surface area contributed by atoms with E-state index in [1.807, 2.05) is 0 Å². The molecule has 0 bridgehead atoms. The smallest absolute Gasteiger partial charge is 0.338 e. The van der Waals surface area contributed by atoms with Crippen LogP contribution in [0.25, 0.3) is 0 Å². The second kappa shape index (κ2) is 8.86. The molecular weight excluding hydrogens is 422 g/mol. The molecular formula is C23H20F2N2O5. The fourth-order valence-corrected chi connectivity index (χ4v) is 4.09. The molecule has 32 heavy (non-hydrogen) atoms. The van der Waals surface area contributed by atoms with Gasteiger partial charge in [0.2, 0.25) is 0 Å². The standard InChI is InChI=1S/C23H20F2N2O5/c24-14-9-15(25)11-16(10-14)26-20(28)12-32-23(31)13-6-7-18-19(8-13)22(30)27(21(18)29)17-4-2-1-3-5-17/h6-11,17H,1-5,12H2,(H,26,28). The number of rotatable bonds is 5. The summed E-state index contributed by atoms with van der Waals surface area (Å²) in [5.41, 5.74) is 0.269. The molecule has 1 saturated carbocycles. The molecule has 4 rings (SSSR count). The number of hydrogen-bond donors (Lipinski definition) is 1. The highest BCUT2D eigenvalue weighted by atomic mass is 19.1. The summed E-state index contributed by atoms with van der Waals surface area (Å²) >= 11 is 0. The quantitative estimate of drug-likeness (QED) is 0.563. The average molecular weight is 442 g/mol. The van der Waals surface area contributed by atoms with E-state index in [9.17, 15) is 28.0 Å². The molecule has 1 aliphatic heterocycles. The third kappa shape index (κ3) is 4.37. The van der Waals surface area contributed by atoms with E-state index in [4.69, 9.17) is 4.74 Å². The van der Waals surface area contributed by atoms with Crippen LogP contribution in [-0.4, -0.2) is 41.2 Å². The maximum absolute atomic E-state index is 13.2. The van der Waals surface area contributed by atoms with Gasteiger partial charge in [0, 0.05) is 17.8 Å². The first-order valence-corrected chi connectivity index (χ1v) is 10.3. The summed E-state index contributed by atoms with van der Waals surface area (Å²) < 4.78 is 31.3. The zero-order chi connectivity index (χ0) is 22.8. The SMILES string of the molecule is O=C(COC(=O)c1ccc2c(c1)C(=O)N(C1CCCCC1)C2=O)Nc1cc(F)cc(F)c1. The van der Waals surface area contributed by atoms with Crippen molar-refractivity contribution in [2.75, 3.05) is 11.9 Å². The topological polar surface area (TPSA) is 92.8 Å². The van der Waals surface area contributed by atoms with Crippen molar-refractivity contribution in [2.45, 2.75) is 38.1 Å². The maximum Gasteiger partial charge on any atom is 0.338 e. The molecule has 1 N–H and O–H groups in total. The van der Waals surface area contributed by atoms with Gasteiger partial charge in [-0.25, -0.2) is 13.6 Å². The van der Waals surface area contributed by atoms with Gasteiger partial charge in [0.15, 0.2) is 6.61 Å². The van der Waals surface area contributed by atoms with E-state index in [0.29, 0.717) is 6.07 Å². The van der Waals surface area contributed by atoms with Crippen molar-refractivity contribution >= 4 is 29.4 Å². The number of anilines is 1. The molecule has 1 aliphatic carbocycles. The zero-order valence-electron chi connectivity index (χ0n) is 17.0. The second-order valence-corrected chi connectivity index (χ2v) is 7.81. The summed E-state index contributed by atoms with van der Waals surface area (Å²) in [6, 6.07) is 6.42. The van der Waals surface area contributed by atoms with E-state index < -0.39 is 36.0 Å². The highest BCUT2D eigenvalue weighted by molar-refractivity contribution is 6.22. The first-order valence-electron chi connectivity index (χ1n) is 10.3. The lowest BCUT2D eigenvalue weighted by Gasteiger charge is -2.29. The van der Waals surface area contributed by atoms with E-state index in [2.05, 4.69) is 5.32 Å². The Morgan fingerprint density at radius 2 is 1.59 bits per heavy atom. The van der Waals surface area contributed by atoms with Gasteiger partial charge in [0.1, 0.15) is 11.6 Å². The van der Waals surface area contributed by atoms with Crippen LogP contribution in [0.5, 0.6) is 0 Å². The lowest BCUT2D eigenvalue weighted by molar-refractivity contribution is -0.119. The molecule has 1 heterocycles. The molecule has 0 atom stereocenters. The van der Waals surface area contributed by atoms with Crippen molar-refractivity contribution in [3.63, 3.8) is 0 Å². The summed E-state index contributed by atoms with van der Waals surface area (Å²) in [7, 11) is 0. The summed E-state index contributed by atoms with van der Waals surface area (Å²) in [5.74, 6) is -4.19. The average Bonchev–Trinajstić information content (AvgIpc) is 3.01. The number of benzene rings is 2. The number of nitrogens with zero attached hydrogens (tertiary/aromatic N) is 1. The van der Waals surface area contributed by atoms with E-state index in [1.54, 1.807) is 0 Å². The van der Waals surface area contributed by atoms with Crippen molar-refractivity contribution in [3.05, 3.63) is 64.7 Å². The number of esters is 1. The van der Waals surface area contributed by atoms with Gasteiger partial charge in [-0.3, -0.25) is 19.3 Å². The van der Waals surface area contributed by atoms with Gasteiger partial charge < -0.3 is 10.1 Å². The first-order chi connectivity index (χ1) is 15.3. The summed E-state index contributed by atoms with van der Waals surface area (Å²) in [6.45, 7) is -0.699. The number of carbonyl (C=O) groups is 4. The molecule has 7 nitrogen and oxygen atoms in total. The molecule has 166 valence electrons. The molecule has 2 aliphatic rings. The number of nitrogens with one attached hydrogen (secondary N) is 1. The van der Waals surface area contributed by atoms with Gasteiger partial charge in [-0.05, 0) is 43.2 Å². The minimum absolute atomic E-state index is 0.0139. The number of ether oxygens (including phenoxy) is 1. The fourth-order valence-electron chi connectivity index (χ4n) is 4.09. The molecule has 0 spiro atoms. The lowest BCUT2D eigenvalue weighted by Crippen LogP contribution is -2.40. The van der Waals surface area contributed by atoms with Gasteiger partial charge in [-0.2, -0.15) is 0 Å². The van der Waals surface area contributed by atoms with E-state index >= 15 is 0 Å². The molecule has 2 aromatic carbocycles. The highest BCUT2D eigenvalue weighted by Crippen LogP contribution is 2.31. The number of carbonyl (C=O) groups excluding carboxylic acids is 4. The molecule has 3 amide bonds. The van der Waals surface area contributed by atoms with Gasteiger partial charge in [0.25, 0.3) is 17.7 Å². The monoisotopic (exact) mass is 442 g/mol. The highest BCUT2D eigenvalue weighted by Gasteiger charge is 2.40. The van der Waals surface area contributed by atoms with Crippen LogP contribution in [-0.2, 0) is 9.53 Å². The van der Waals surface area contributed by atoms with Crippen molar-refractivity contribution in [1.82, 2.24) is 4.90 Å². The fraction of sp³-hybridized carbons (Fsp3) is 0.304. The normalized spacial score (nSPS) is 16.1. The summed E-state index contributed by atoms with van der Waals surface area (Å²) in [5, 5.41) is 2.23. The van der Waals surface area contributed by atoms with Crippen LogP contribution in [0.2, 0.25) is 0 Å². The number of halogens is 2. The minimum atomic E-state index is -0.871. The third-order valence-electron chi connectivity index (χ3n) is 5.57. The van der Waals surface area contributed by atoms with Gasteiger partial charge >= 0.3 is 5.97 Å². The number of imide groups is 1. The van der Waals surface area contributed by atoms with Gasteiger partial charge in [0.05, 0.1) is 16.7 Å². The Morgan fingerprint density at radius 1 is 0.938 bits per heavy atom. The Labute approximate surface area is 182 Å². The second-order valence-electron chi connectivity index (χ2n) is 7.81. The van der Waals surface area contributed by atoms with Crippen LogP contribution in [0.4, 0.5) is 14.5 Å². The van der Waals surface area contributed by atoms with E-state index in [1.165, 1.54) is 23.1 Å². The maximum atomic E-state index is 13.2. The van der Waals surface area contributed by atoms with Crippen molar-refractivity contribution in [1.29, 1.82) is 0 Å². The van der Waals surface area contributed by atoms with E-state index in [0.717, 1.165) is 44.2 Å². The zero-order valence-corrected chi connectivity index (χ0v) is 17.0. The predicted molar refractivity (Wildman–Crippen MR) is 109 cm³/mol. The largest absolute Gasteiger partial charge is 0.452 e. The predicted octanol–water partition coefficient (Wildman–Crippen LogP) is 3.69. The van der Waals surface area contributed by atoms with E-state index in [-0.39, 0.29) is 34.3 Å². The Morgan fingerprint density at radius 3 is 2.28 bits per heavy atom. The molecule has 0 unspecified atom stereocenters. The Balaban J connectivity index is 1.40. The van der Waals surface area contributed by atoms with Crippen molar-refractivity contribution in [2.24, 2.45) is 0 Å². The van der Waals surface area contributed by atoms with Crippen LogP contribution in [0.3, 0.4) is 0 Å². The Bertz CT molecular complexity index is 1090. The molecule has 1 fully saturated rings. The van der Waals surface area contributed by atoms with Crippen LogP contribution in [0.15, 0.2) is 36.4 Å².